The Kier molecular flexibility index (Phi) is 4.02. The van der Waals surface area contributed by atoms with Crippen LogP contribution in [0.3, 0.4) is 0 Å². The molecule has 1 heterocycles. The predicted molar refractivity (Wildman–Crippen MR) is 78.5 cm³/mol. The smallest absolute Gasteiger partial charge is 0.124 e. The second-order valence-corrected chi connectivity index (χ2v) is 6.74. The van der Waals surface area contributed by atoms with Crippen LogP contribution in [0.2, 0.25) is 5.02 Å². The van der Waals surface area contributed by atoms with Gasteiger partial charge in [-0.1, -0.05) is 37.4 Å². The van der Waals surface area contributed by atoms with Gasteiger partial charge in [0.2, 0.25) is 0 Å². The molecule has 4 heteroatoms. The van der Waals surface area contributed by atoms with Gasteiger partial charge in [-0.2, -0.15) is 0 Å². The number of hydrogen-bond acceptors (Lipinski definition) is 2. The van der Waals surface area contributed by atoms with Crippen molar-refractivity contribution in [2.24, 2.45) is 5.92 Å². The fourth-order valence-corrected chi connectivity index (χ4v) is 3.88. The molecule has 0 amide bonds. The molecule has 2 fully saturated rings. The summed E-state index contributed by atoms with van der Waals surface area (Å²) >= 11 is 6.12. The zero-order valence-electron chi connectivity index (χ0n) is 11.8. The normalized spacial score (nSPS) is 34.4. The van der Waals surface area contributed by atoms with Gasteiger partial charge in [-0.05, 0) is 30.9 Å². The highest BCUT2D eigenvalue weighted by atomic mass is 35.5. The summed E-state index contributed by atoms with van der Waals surface area (Å²) in [5.41, 5.74) is 1.01. The lowest BCUT2D eigenvalue weighted by Gasteiger charge is -2.45. The zero-order valence-corrected chi connectivity index (χ0v) is 12.5. The summed E-state index contributed by atoms with van der Waals surface area (Å²) in [6, 6.07) is 4.52. The molecule has 1 saturated heterocycles. The van der Waals surface area contributed by atoms with E-state index in [4.69, 9.17) is 16.3 Å². The van der Waals surface area contributed by atoms with Crippen molar-refractivity contribution in [3.63, 3.8) is 0 Å². The van der Waals surface area contributed by atoms with E-state index in [0.29, 0.717) is 5.02 Å². The van der Waals surface area contributed by atoms with Crippen molar-refractivity contribution >= 4 is 11.6 Å². The first-order chi connectivity index (χ1) is 9.58. The van der Waals surface area contributed by atoms with Crippen LogP contribution in [0, 0.1) is 11.7 Å². The lowest BCUT2D eigenvalue weighted by Crippen LogP contribution is -2.57. The molecule has 3 unspecified atom stereocenters. The van der Waals surface area contributed by atoms with Gasteiger partial charge in [0.25, 0.3) is 0 Å². The van der Waals surface area contributed by atoms with Gasteiger partial charge in [0.1, 0.15) is 5.82 Å². The molecular weight excluding hydrogens is 277 g/mol. The quantitative estimate of drug-likeness (QED) is 0.843. The summed E-state index contributed by atoms with van der Waals surface area (Å²) in [5.74, 6) is 0.450. The minimum absolute atomic E-state index is 0.0778. The highest BCUT2D eigenvalue weighted by Crippen LogP contribution is 2.37. The van der Waals surface area contributed by atoms with E-state index in [1.165, 1.54) is 37.8 Å². The van der Waals surface area contributed by atoms with Crippen LogP contribution in [0.25, 0.3) is 0 Å². The van der Waals surface area contributed by atoms with E-state index in [0.717, 1.165) is 24.6 Å². The van der Waals surface area contributed by atoms with E-state index in [9.17, 15) is 4.39 Å². The van der Waals surface area contributed by atoms with Crippen LogP contribution in [0.4, 0.5) is 4.39 Å². The fraction of sp³-hybridized carbons (Fsp3) is 0.625. The van der Waals surface area contributed by atoms with Crippen LogP contribution in [-0.4, -0.2) is 18.7 Å². The van der Waals surface area contributed by atoms with E-state index in [-0.39, 0.29) is 17.5 Å². The summed E-state index contributed by atoms with van der Waals surface area (Å²) in [6.45, 7) is 3.78. The third-order valence-corrected chi connectivity index (χ3v) is 4.95. The van der Waals surface area contributed by atoms with Gasteiger partial charge in [0, 0.05) is 22.7 Å². The van der Waals surface area contributed by atoms with Crippen molar-refractivity contribution in [2.45, 2.75) is 44.2 Å². The fourth-order valence-electron chi connectivity index (χ4n) is 3.59. The topological polar surface area (TPSA) is 21.3 Å². The lowest BCUT2D eigenvalue weighted by molar-refractivity contribution is -0.0527. The summed E-state index contributed by atoms with van der Waals surface area (Å²) < 4.78 is 19.2. The van der Waals surface area contributed by atoms with Crippen molar-refractivity contribution in [1.29, 1.82) is 0 Å². The Morgan fingerprint density at radius 1 is 1.45 bits per heavy atom. The number of nitrogens with one attached hydrogen (secondary N) is 1. The Morgan fingerprint density at radius 2 is 2.30 bits per heavy atom. The number of rotatable bonds is 1. The van der Waals surface area contributed by atoms with E-state index in [1.807, 2.05) is 0 Å². The molecule has 1 aromatic carbocycles. The molecule has 110 valence electrons. The number of benzene rings is 1. The lowest BCUT2D eigenvalue weighted by atomic mass is 9.76. The van der Waals surface area contributed by atoms with Crippen LogP contribution >= 0.6 is 11.6 Å². The van der Waals surface area contributed by atoms with Crippen molar-refractivity contribution in [3.8, 4) is 0 Å². The highest BCUT2D eigenvalue weighted by Gasteiger charge is 2.39. The summed E-state index contributed by atoms with van der Waals surface area (Å²) in [6.07, 6.45) is 4.86. The standard InChI is InChI=1S/C16H21ClFNO/c1-11-3-2-6-16(8-11)10-20-15(9-19-16)13-5-4-12(18)7-14(13)17/h4-5,7,11,15,19H,2-3,6,8-10H2,1H3. The maximum Gasteiger partial charge on any atom is 0.124 e. The molecule has 20 heavy (non-hydrogen) atoms. The number of morpholine rings is 1. The Morgan fingerprint density at radius 3 is 2.95 bits per heavy atom. The van der Waals surface area contributed by atoms with E-state index < -0.39 is 0 Å². The molecule has 1 aliphatic carbocycles. The molecule has 0 radical (unpaired) electrons. The molecule has 2 nitrogen and oxygen atoms in total. The maximum absolute atomic E-state index is 13.1. The number of hydrogen-bond donors (Lipinski definition) is 1. The van der Waals surface area contributed by atoms with Crippen molar-refractivity contribution in [2.75, 3.05) is 13.2 Å². The van der Waals surface area contributed by atoms with Gasteiger partial charge < -0.3 is 10.1 Å². The van der Waals surface area contributed by atoms with Crippen LogP contribution < -0.4 is 5.32 Å². The molecule has 0 bridgehead atoms. The van der Waals surface area contributed by atoms with Crippen LogP contribution in [-0.2, 0) is 4.74 Å². The number of ether oxygens (including phenoxy) is 1. The molecule has 2 aliphatic rings. The minimum atomic E-state index is -0.305. The largest absolute Gasteiger partial charge is 0.370 e. The van der Waals surface area contributed by atoms with Gasteiger partial charge in [-0.25, -0.2) is 4.39 Å². The van der Waals surface area contributed by atoms with Crippen LogP contribution in [0.5, 0.6) is 0 Å². The van der Waals surface area contributed by atoms with Crippen LogP contribution in [0.1, 0.15) is 44.3 Å². The molecule has 3 rings (SSSR count). The Bertz CT molecular complexity index is 485. The van der Waals surface area contributed by atoms with Gasteiger partial charge in [0.15, 0.2) is 0 Å². The second-order valence-electron chi connectivity index (χ2n) is 6.33. The molecule has 1 spiro atoms. The zero-order chi connectivity index (χ0) is 14.2. The van der Waals surface area contributed by atoms with Crippen molar-refractivity contribution in [1.82, 2.24) is 5.32 Å². The minimum Gasteiger partial charge on any atom is -0.370 e. The molecule has 0 aromatic heterocycles. The summed E-state index contributed by atoms with van der Waals surface area (Å²) in [5, 5.41) is 4.13. The first kappa shape index (κ1) is 14.3. The Balaban J connectivity index is 1.69. The monoisotopic (exact) mass is 297 g/mol. The number of halogens is 2. The molecule has 1 aliphatic heterocycles. The van der Waals surface area contributed by atoms with E-state index in [2.05, 4.69) is 12.2 Å². The molecular formula is C16H21ClFNO. The maximum atomic E-state index is 13.1. The SMILES string of the molecule is CC1CCCC2(COC(c3ccc(F)cc3Cl)CN2)C1. The Labute approximate surface area is 124 Å². The van der Waals surface area contributed by atoms with E-state index >= 15 is 0 Å². The Hall–Kier alpha value is -0.640. The van der Waals surface area contributed by atoms with E-state index in [1.54, 1.807) is 6.07 Å². The average molecular weight is 298 g/mol. The first-order valence-corrected chi connectivity index (χ1v) is 7.77. The second kappa shape index (κ2) is 5.63. The van der Waals surface area contributed by atoms with Gasteiger partial charge in [-0.3, -0.25) is 0 Å². The first-order valence-electron chi connectivity index (χ1n) is 7.40. The molecule has 1 aromatic rings. The van der Waals surface area contributed by atoms with Gasteiger partial charge in [-0.15, -0.1) is 0 Å². The third-order valence-electron chi connectivity index (χ3n) is 4.62. The van der Waals surface area contributed by atoms with Crippen molar-refractivity contribution < 1.29 is 9.13 Å². The predicted octanol–water partition coefficient (Wildman–Crippen LogP) is 4.09. The summed E-state index contributed by atoms with van der Waals surface area (Å²) in [7, 11) is 0. The highest BCUT2D eigenvalue weighted by molar-refractivity contribution is 6.31. The van der Waals surface area contributed by atoms with Gasteiger partial charge in [0.05, 0.1) is 12.7 Å². The molecule has 1 saturated carbocycles. The molecule has 3 atom stereocenters. The van der Waals surface area contributed by atoms with Gasteiger partial charge >= 0.3 is 0 Å². The molecule has 1 N–H and O–H groups in total. The van der Waals surface area contributed by atoms with Crippen molar-refractivity contribution in [3.05, 3.63) is 34.6 Å². The average Bonchev–Trinajstić information content (AvgIpc) is 2.40. The third kappa shape index (κ3) is 2.85. The van der Waals surface area contributed by atoms with Crippen LogP contribution in [0.15, 0.2) is 18.2 Å². The summed E-state index contributed by atoms with van der Waals surface area (Å²) in [4.78, 5) is 0.